The summed E-state index contributed by atoms with van der Waals surface area (Å²) in [6, 6.07) is 4.92. The molecule has 0 saturated carbocycles. The maximum absolute atomic E-state index is 13.0. The van der Waals surface area contributed by atoms with Gasteiger partial charge in [-0.1, -0.05) is 15.9 Å². The summed E-state index contributed by atoms with van der Waals surface area (Å²) in [5.41, 5.74) is 0.898. The van der Waals surface area contributed by atoms with E-state index < -0.39 is 10.8 Å². The van der Waals surface area contributed by atoms with Crippen LogP contribution in [0, 0.1) is 5.82 Å². The summed E-state index contributed by atoms with van der Waals surface area (Å²) in [6.45, 7) is 2.65. The molecule has 0 saturated heterocycles. The van der Waals surface area contributed by atoms with Crippen molar-refractivity contribution in [1.82, 2.24) is 5.32 Å². The van der Waals surface area contributed by atoms with Gasteiger partial charge in [0.1, 0.15) is 5.82 Å². The third-order valence-electron chi connectivity index (χ3n) is 2.49. The highest BCUT2D eigenvalue weighted by Crippen LogP contribution is 2.17. The van der Waals surface area contributed by atoms with Crippen LogP contribution in [0.3, 0.4) is 0 Å². The number of rotatable bonds is 6. The standard InChI is InChI=1S/C12H17BrFNOS/c1-9(5-6-17(2)16)15-8-10-7-11(14)3-4-12(10)13/h3-4,7,9,15H,5-6,8H2,1-2H3. The maximum Gasteiger partial charge on any atom is 0.123 e. The van der Waals surface area contributed by atoms with E-state index in [0.717, 1.165) is 16.5 Å². The van der Waals surface area contributed by atoms with Gasteiger partial charge in [0.15, 0.2) is 0 Å². The number of halogens is 2. The minimum Gasteiger partial charge on any atom is -0.310 e. The molecule has 2 nitrogen and oxygen atoms in total. The van der Waals surface area contributed by atoms with E-state index in [-0.39, 0.29) is 11.9 Å². The molecule has 0 heterocycles. The molecule has 0 aliphatic rings. The van der Waals surface area contributed by atoms with E-state index in [1.165, 1.54) is 12.1 Å². The molecule has 1 aromatic rings. The predicted molar refractivity (Wildman–Crippen MR) is 74.0 cm³/mol. The lowest BCUT2D eigenvalue weighted by Crippen LogP contribution is -2.27. The topological polar surface area (TPSA) is 29.1 Å². The Morgan fingerprint density at radius 3 is 2.88 bits per heavy atom. The quantitative estimate of drug-likeness (QED) is 0.873. The van der Waals surface area contributed by atoms with Gasteiger partial charge in [-0.15, -0.1) is 0 Å². The van der Waals surface area contributed by atoms with Gasteiger partial charge in [-0.25, -0.2) is 4.39 Å². The third-order valence-corrected chi connectivity index (χ3v) is 4.07. The Balaban J connectivity index is 2.44. The Bertz CT molecular complexity index is 400. The Morgan fingerprint density at radius 1 is 1.53 bits per heavy atom. The van der Waals surface area contributed by atoms with E-state index in [4.69, 9.17) is 0 Å². The van der Waals surface area contributed by atoms with Gasteiger partial charge in [0.05, 0.1) is 0 Å². The van der Waals surface area contributed by atoms with Gasteiger partial charge in [-0.05, 0) is 37.1 Å². The normalized spacial score (nSPS) is 14.6. The van der Waals surface area contributed by atoms with Crippen molar-refractivity contribution in [2.45, 2.75) is 25.9 Å². The molecular formula is C12H17BrFNOS. The van der Waals surface area contributed by atoms with Crippen LogP contribution in [0.2, 0.25) is 0 Å². The van der Waals surface area contributed by atoms with Gasteiger partial charge < -0.3 is 5.32 Å². The first-order valence-electron chi connectivity index (χ1n) is 5.46. The van der Waals surface area contributed by atoms with E-state index in [9.17, 15) is 8.60 Å². The SMILES string of the molecule is CC(CCS(C)=O)NCc1cc(F)ccc1Br. The second-order valence-corrected chi connectivity index (χ2v) is 6.49. The molecule has 0 aliphatic carbocycles. The summed E-state index contributed by atoms with van der Waals surface area (Å²) in [5, 5.41) is 3.29. The van der Waals surface area contributed by atoms with E-state index >= 15 is 0 Å². The van der Waals surface area contributed by atoms with E-state index in [1.54, 1.807) is 12.3 Å². The summed E-state index contributed by atoms with van der Waals surface area (Å²) in [4.78, 5) is 0. The van der Waals surface area contributed by atoms with Crippen molar-refractivity contribution >= 4 is 26.7 Å². The van der Waals surface area contributed by atoms with Crippen LogP contribution in [-0.2, 0) is 17.3 Å². The Labute approximate surface area is 113 Å². The molecule has 0 fully saturated rings. The van der Waals surface area contributed by atoms with Crippen molar-refractivity contribution in [3.05, 3.63) is 34.1 Å². The molecule has 2 atom stereocenters. The summed E-state index contributed by atoms with van der Waals surface area (Å²) in [7, 11) is -0.752. The fourth-order valence-electron chi connectivity index (χ4n) is 1.41. The van der Waals surface area contributed by atoms with Crippen molar-refractivity contribution in [3.63, 3.8) is 0 Å². The summed E-state index contributed by atoms with van der Waals surface area (Å²) >= 11 is 3.39. The molecule has 0 amide bonds. The molecular weight excluding hydrogens is 305 g/mol. The van der Waals surface area contributed by atoms with Gasteiger partial charge in [0.2, 0.25) is 0 Å². The Hall–Kier alpha value is -0.260. The molecule has 17 heavy (non-hydrogen) atoms. The summed E-state index contributed by atoms with van der Waals surface area (Å²) in [6.07, 6.45) is 2.56. The van der Waals surface area contributed by atoms with E-state index in [2.05, 4.69) is 21.2 Å². The molecule has 0 radical (unpaired) electrons. The number of hydrogen-bond donors (Lipinski definition) is 1. The minimum atomic E-state index is -0.752. The summed E-state index contributed by atoms with van der Waals surface area (Å²) in [5.74, 6) is 0.464. The Morgan fingerprint density at radius 2 is 2.24 bits per heavy atom. The molecule has 1 rings (SSSR count). The number of hydrogen-bond acceptors (Lipinski definition) is 2. The van der Waals surface area contributed by atoms with Gasteiger partial charge in [-0.2, -0.15) is 0 Å². The van der Waals surface area contributed by atoms with Crippen molar-refractivity contribution in [2.75, 3.05) is 12.0 Å². The third kappa shape index (κ3) is 5.75. The van der Waals surface area contributed by atoms with Gasteiger partial charge in [0, 0.05) is 39.9 Å². The highest BCUT2D eigenvalue weighted by molar-refractivity contribution is 9.10. The zero-order valence-electron chi connectivity index (χ0n) is 10.0. The fraction of sp³-hybridized carbons (Fsp3) is 0.500. The van der Waals surface area contributed by atoms with Crippen molar-refractivity contribution < 1.29 is 8.60 Å². The molecule has 0 aromatic heterocycles. The second-order valence-electron chi connectivity index (χ2n) is 4.08. The first kappa shape index (κ1) is 14.8. The van der Waals surface area contributed by atoms with Crippen LogP contribution in [0.1, 0.15) is 18.9 Å². The van der Waals surface area contributed by atoms with E-state index in [1.807, 2.05) is 6.92 Å². The molecule has 1 N–H and O–H groups in total. The maximum atomic E-state index is 13.0. The largest absolute Gasteiger partial charge is 0.310 e. The van der Waals surface area contributed by atoms with Crippen molar-refractivity contribution in [3.8, 4) is 0 Å². The van der Waals surface area contributed by atoms with Crippen molar-refractivity contribution in [1.29, 1.82) is 0 Å². The lowest BCUT2D eigenvalue weighted by molar-refractivity contribution is 0.531. The first-order valence-corrected chi connectivity index (χ1v) is 7.98. The summed E-state index contributed by atoms with van der Waals surface area (Å²) < 4.78 is 24.9. The molecule has 96 valence electrons. The molecule has 1 aromatic carbocycles. The van der Waals surface area contributed by atoms with Gasteiger partial charge in [-0.3, -0.25) is 4.21 Å². The zero-order valence-corrected chi connectivity index (χ0v) is 12.4. The average Bonchev–Trinajstić information content (AvgIpc) is 2.27. The zero-order chi connectivity index (χ0) is 12.8. The van der Waals surface area contributed by atoms with Crippen LogP contribution >= 0.6 is 15.9 Å². The van der Waals surface area contributed by atoms with Gasteiger partial charge in [0.25, 0.3) is 0 Å². The minimum absolute atomic E-state index is 0.229. The van der Waals surface area contributed by atoms with Crippen LogP contribution in [0.15, 0.2) is 22.7 Å². The van der Waals surface area contributed by atoms with Gasteiger partial charge >= 0.3 is 0 Å². The molecule has 0 spiro atoms. The smallest absolute Gasteiger partial charge is 0.123 e. The van der Waals surface area contributed by atoms with E-state index in [0.29, 0.717) is 12.3 Å². The van der Waals surface area contributed by atoms with Crippen LogP contribution in [0.4, 0.5) is 4.39 Å². The predicted octanol–water partition coefficient (Wildman–Crippen LogP) is 2.83. The van der Waals surface area contributed by atoms with Crippen LogP contribution < -0.4 is 5.32 Å². The van der Waals surface area contributed by atoms with Crippen LogP contribution in [0.5, 0.6) is 0 Å². The molecule has 5 heteroatoms. The monoisotopic (exact) mass is 321 g/mol. The highest BCUT2D eigenvalue weighted by atomic mass is 79.9. The van der Waals surface area contributed by atoms with Crippen LogP contribution in [0.25, 0.3) is 0 Å². The fourth-order valence-corrected chi connectivity index (χ4v) is 2.48. The van der Waals surface area contributed by atoms with Crippen LogP contribution in [-0.4, -0.2) is 22.3 Å². The molecule has 0 aliphatic heterocycles. The molecule has 0 bridgehead atoms. The van der Waals surface area contributed by atoms with Crippen molar-refractivity contribution in [2.24, 2.45) is 0 Å². The average molecular weight is 322 g/mol. The lowest BCUT2D eigenvalue weighted by Gasteiger charge is -2.13. The first-order chi connectivity index (χ1) is 7.99. The Kier molecular flexibility index (Phi) is 6.30. The number of nitrogens with one attached hydrogen (secondary N) is 1. The lowest BCUT2D eigenvalue weighted by atomic mass is 10.2. The highest BCUT2D eigenvalue weighted by Gasteiger charge is 2.05. The number of benzene rings is 1. The molecule has 2 unspecified atom stereocenters. The second kappa shape index (κ2) is 7.24.